The van der Waals surface area contributed by atoms with Gasteiger partial charge in [-0.3, -0.25) is 9.59 Å². The molecule has 0 aromatic rings. The van der Waals surface area contributed by atoms with Crippen molar-refractivity contribution in [3.05, 3.63) is 12.2 Å². The Morgan fingerprint density at radius 1 is 0.800 bits per heavy atom. The van der Waals surface area contributed by atoms with Crippen molar-refractivity contribution in [2.45, 2.75) is 79.1 Å². The van der Waals surface area contributed by atoms with Gasteiger partial charge in [0.1, 0.15) is 0 Å². The van der Waals surface area contributed by atoms with Crippen LogP contribution in [-0.2, 0) is 14.3 Å². The van der Waals surface area contributed by atoms with E-state index in [1.807, 2.05) is 6.08 Å². The number of allylic oxidation sites excluding steroid dienone is 2. The molecule has 0 saturated carbocycles. The number of carbonyl (C=O) groups is 2. The number of ether oxygens (including phenoxy) is 1. The minimum atomic E-state index is -0.763. The van der Waals surface area contributed by atoms with Crippen LogP contribution in [0.1, 0.15) is 79.1 Å². The monoisotopic (exact) mass is 356 g/mol. The molecule has 0 fully saturated rings. The van der Waals surface area contributed by atoms with Gasteiger partial charge in [-0.15, -0.1) is 0 Å². The Labute approximate surface area is 152 Å². The Hall–Kier alpha value is -1.36. The molecule has 146 valence electrons. The molecular formula is C20H36O5. The van der Waals surface area contributed by atoms with Crippen LogP contribution in [0.3, 0.4) is 0 Å². The molecule has 0 aromatic carbocycles. The van der Waals surface area contributed by atoms with E-state index in [9.17, 15) is 9.59 Å². The van der Waals surface area contributed by atoms with Gasteiger partial charge in [-0.2, -0.15) is 0 Å². The minimum Gasteiger partial charge on any atom is -0.481 e. The largest absolute Gasteiger partial charge is 0.481 e. The van der Waals surface area contributed by atoms with Gasteiger partial charge in [0, 0.05) is 13.2 Å². The third-order valence-corrected chi connectivity index (χ3v) is 4.45. The van der Waals surface area contributed by atoms with Crippen molar-refractivity contribution >= 4 is 11.9 Å². The Morgan fingerprint density at radius 2 is 1.36 bits per heavy atom. The number of hydrogen-bond acceptors (Lipinski definition) is 3. The SMILES string of the molecule is CC(C)(C/C=C/CCCCCOCCCCC(C)(C)C(=O)O)C(=O)O. The maximum absolute atomic E-state index is 11.0. The molecule has 0 saturated heterocycles. The molecule has 0 aliphatic rings. The van der Waals surface area contributed by atoms with E-state index in [0.717, 1.165) is 45.1 Å². The summed E-state index contributed by atoms with van der Waals surface area (Å²) in [5.74, 6) is -1.50. The predicted molar refractivity (Wildman–Crippen MR) is 99.7 cm³/mol. The van der Waals surface area contributed by atoms with E-state index in [4.69, 9.17) is 14.9 Å². The lowest BCUT2D eigenvalue weighted by Crippen LogP contribution is -2.23. The first-order chi connectivity index (χ1) is 11.6. The van der Waals surface area contributed by atoms with Crippen LogP contribution in [0.2, 0.25) is 0 Å². The molecule has 2 N–H and O–H groups in total. The summed E-state index contributed by atoms with van der Waals surface area (Å²) in [6.45, 7) is 8.43. The molecule has 0 spiro atoms. The highest BCUT2D eigenvalue weighted by molar-refractivity contribution is 5.74. The van der Waals surface area contributed by atoms with E-state index >= 15 is 0 Å². The fourth-order valence-corrected chi connectivity index (χ4v) is 2.21. The molecule has 0 rings (SSSR count). The van der Waals surface area contributed by atoms with Gasteiger partial charge in [-0.05, 0) is 66.2 Å². The molecule has 0 aromatic heterocycles. The summed E-state index contributed by atoms with van der Waals surface area (Å²) in [7, 11) is 0. The van der Waals surface area contributed by atoms with E-state index in [0.29, 0.717) is 19.4 Å². The van der Waals surface area contributed by atoms with Crippen LogP contribution in [-0.4, -0.2) is 35.4 Å². The molecule has 5 nitrogen and oxygen atoms in total. The highest BCUT2D eigenvalue weighted by atomic mass is 16.5. The average Bonchev–Trinajstić information content (AvgIpc) is 2.51. The van der Waals surface area contributed by atoms with Crippen molar-refractivity contribution in [1.29, 1.82) is 0 Å². The van der Waals surface area contributed by atoms with Crippen LogP contribution in [0.15, 0.2) is 12.2 Å². The fourth-order valence-electron chi connectivity index (χ4n) is 2.21. The highest BCUT2D eigenvalue weighted by Crippen LogP contribution is 2.23. The molecule has 0 heterocycles. The van der Waals surface area contributed by atoms with Gasteiger partial charge in [0.25, 0.3) is 0 Å². The lowest BCUT2D eigenvalue weighted by Gasteiger charge is -2.18. The number of aliphatic carboxylic acids is 2. The van der Waals surface area contributed by atoms with Crippen LogP contribution in [0.4, 0.5) is 0 Å². The topological polar surface area (TPSA) is 83.8 Å². The normalized spacial score (nSPS) is 12.6. The summed E-state index contributed by atoms with van der Waals surface area (Å²) in [4.78, 5) is 21.9. The molecule has 0 aliphatic carbocycles. The zero-order valence-electron chi connectivity index (χ0n) is 16.3. The third kappa shape index (κ3) is 11.8. The lowest BCUT2D eigenvalue weighted by atomic mass is 9.87. The van der Waals surface area contributed by atoms with Gasteiger partial charge in [0.15, 0.2) is 0 Å². The standard InChI is InChI=1S/C20H36O5/c1-19(2,17(21)22)13-9-7-5-6-8-11-15-25-16-12-10-14-20(3,4)18(23)24/h7,9H,5-6,8,10-16H2,1-4H3,(H,21,22)(H,23,24)/b9-7+. The summed E-state index contributed by atoms with van der Waals surface area (Å²) >= 11 is 0. The van der Waals surface area contributed by atoms with Crippen molar-refractivity contribution in [1.82, 2.24) is 0 Å². The molecule has 5 heteroatoms. The summed E-state index contributed by atoms with van der Waals surface area (Å²) in [6, 6.07) is 0. The van der Waals surface area contributed by atoms with Crippen molar-refractivity contribution in [3.63, 3.8) is 0 Å². The van der Waals surface area contributed by atoms with E-state index < -0.39 is 22.8 Å². The van der Waals surface area contributed by atoms with Crippen molar-refractivity contribution < 1.29 is 24.5 Å². The molecule has 25 heavy (non-hydrogen) atoms. The lowest BCUT2D eigenvalue weighted by molar-refractivity contribution is -0.147. The fraction of sp³-hybridized carbons (Fsp3) is 0.800. The first-order valence-electron chi connectivity index (χ1n) is 9.29. The average molecular weight is 357 g/mol. The second kappa shape index (κ2) is 12.1. The van der Waals surface area contributed by atoms with Gasteiger partial charge >= 0.3 is 11.9 Å². The zero-order valence-corrected chi connectivity index (χ0v) is 16.3. The van der Waals surface area contributed by atoms with Crippen LogP contribution in [0.25, 0.3) is 0 Å². The van der Waals surface area contributed by atoms with Gasteiger partial charge < -0.3 is 14.9 Å². The summed E-state index contributed by atoms with van der Waals surface area (Å²) in [6.07, 6.45) is 11.2. The second-order valence-corrected chi connectivity index (χ2v) is 7.97. The zero-order chi connectivity index (χ0) is 19.3. The first kappa shape index (κ1) is 23.6. The van der Waals surface area contributed by atoms with E-state index in [-0.39, 0.29) is 0 Å². The van der Waals surface area contributed by atoms with Crippen LogP contribution < -0.4 is 0 Å². The van der Waals surface area contributed by atoms with Crippen LogP contribution in [0, 0.1) is 10.8 Å². The molecule has 0 bridgehead atoms. The third-order valence-electron chi connectivity index (χ3n) is 4.45. The van der Waals surface area contributed by atoms with Crippen molar-refractivity contribution in [2.24, 2.45) is 10.8 Å². The second-order valence-electron chi connectivity index (χ2n) is 7.97. The molecule has 0 atom stereocenters. The van der Waals surface area contributed by atoms with E-state index in [2.05, 4.69) is 6.08 Å². The molecule has 0 aliphatic heterocycles. The Bertz CT molecular complexity index is 424. The van der Waals surface area contributed by atoms with Crippen molar-refractivity contribution in [2.75, 3.05) is 13.2 Å². The maximum Gasteiger partial charge on any atom is 0.309 e. The summed E-state index contributed by atoms with van der Waals surface area (Å²) in [5, 5.41) is 18.0. The van der Waals surface area contributed by atoms with E-state index in [1.54, 1.807) is 27.7 Å². The molecular weight excluding hydrogens is 320 g/mol. The Balaban J connectivity index is 3.46. The smallest absolute Gasteiger partial charge is 0.309 e. The number of carboxylic acids is 2. The maximum atomic E-state index is 11.0. The van der Waals surface area contributed by atoms with E-state index in [1.165, 1.54) is 0 Å². The number of rotatable bonds is 15. The number of hydrogen-bond donors (Lipinski definition) is 2. The Morgan fingerprint density at radius 3 is 1.92 bits per heavy atom. The quantitative estimate of drug-likeness (QED) is 0.322. The molecule has 0 unspecified atom stereocenters. The number of carboxylic acid groups (broad SMARTS) is 2. The Kier molecular flexibility index (Phi) is 11.4. The van der Waals surface area contributed by atoms with Crippen molar-refractivity contribution in [3.8, 4) is 0 Å². The minimum absolute atomic E-state index is 0.560. The first-order valence-corrected chi connectivity index (χ1v) is 9.29. The van der Waals surface area contributed by atoms with Gasteiger partial charge in [0.2, 0.25) is 0 Å². The number of unbranched alkanes of at least 4 members (excludes halogenated alkanes) is 4. The van der Waals surface area contributed by atoms with Gasteiger partial charge in [-0.25, -0.2) is 0 Å². The summed E-state index contributed by atoms with van der Waals surface area (Å²) in [5.41, 5.74) is -1.34. The van der Waals surface area contributed by atoms with Crippen LogP contribution in [0.5, 0.6) is 0 Å². The highest BCUT2D eigenvalue weighted by Gasteiger charge is 2.26. The molecule has 0 radical (unpaired) electrons. The predicted octanol–water partition coefficient (Wildman–Crippen LogP) is 4.90. The van der Waals surface area contributed by atoms with Gasteiger partial charge in [0.05, 0.1) is 10.8 Å². The molecule has 0 amide bonds. The van der Waals surface area contributed by atoms with Gasteiger partial charge in [-0.1, -0.05) is 25.0 Å². The summed E-state index contributed by atoms with van der Waals surface area (Å²) < 4.78 is 5.58. The van der Waals surface area contributed by atoms with Crippen LogP contribution >= 0.6 is 0 Å².